The van der Waals surface area contributed by atoms with Crippen molar-refractivity contribution in [3.8, 4) is 5.75 Å². The Morgan fingerprint density at radius 1 is 1.24 bits per heavy atom. The van der Waals surface area contributed by atoms with Gasteiger partial charge in [0, 0.05) is 11.1 Å². The standard InChI is InChI=1S/C19H26ClNO4/c1-12-5-4-6-17(14(12)3)21-18(22)10-25-19(23)11-24-15-7-8-16(20)13(2)9-15/h7-9,12,14,17H,4-6,10-11H2,1-3H3,(H,21,22)/t12-,14-,17+/m0/s1. The molecule has 1 aromatic rings. The third kappa shape index (κ3) is 5.92. The molecule has 0 heterocycles. The van der Waals surface area contributed by atoms with E-state index in [1.54, 1.807) is 18.2 Å². The average Bonchev–Trinajstić information content (AvgIpc) is 2.58. The lowest BCUT2D eigenvalue weighted by Gasteiger charge is -2.34. The first-order chi connectivity index (χ1) is 11.9. The molecule has 1 aromatic carbocycles. The van der Waals surface area contributed by atoms with E-state index in [0.717, 1.165) is 18.4 Å². The highest BCUT2D eigenvalue weighted by Crippen LogP contribution is 2.29. The number of amides is 1. The number of nitrogens with one attached hydrogen (secondary N) is 1. The molecule has 1 amide bonds. The highest BCUT2D eigenvalue weighted by molar-refractivity contribution is 6.31. The van der Waals surface area contributed by atoms with Gasteiger partial charge in [-0.1, -0.05) is 38.3 Å². The number of carbonyl (C=O) groups is 2. The Labute approximate surface area is 154 Å². The van der Waals surface area contributed by atoms with E-state index in [1.165, 1.54) is 6.42 Å². The fraction of sp³-hybridized carbons (Fsp3) is 0.579. The minimum Gasteiger partial charge on any atom is -0.482 e. The van der Waals surface area contributed by atoms with Crippen LogP contribution in [0.25, 0.3) is 0 Å². The average molecular weight is 368 g/mol. The molecule has 2 rings (SSSR count). The summed E-state index contributed by atoms with van der Waals surface area (Å²) >= 11 is 5.94. The van der Waals surface area contributed by atoms with Gasteiger partial charge in [-0.15, -0.1) is 0 Å². The second-order valence-electron chi connectivity index (χ2n) is 6.80. The van der Waals surface area contributed by atoms with Crippen molar-refractivity contribution in [2.45, 2.75) is 46.1 Å². The summed E-state index contributed by atoms with van der Waals surface area (Å²) in [5.74, 6) is 0.727. The molecule has 0 spiro atoms. The lowest BCUT2D eigenvalue weighted by atomic mass is 9.78. The number of ether oxygens (including phenoxy) is 2. The van der Waals surface area contributed by atoms with Crippen LogP contribution in [0.2, 0.25) is 5.02 Å². The van der Waals surface area contributed by atoms with Crippen LogP contribution in [-0.2, 0) is 14.3 Å². The first kappa shape index (κ1) is 19.6. The first-order valence-corrected chi connectivity index (χ1v) is 9.08. The van der Waals surface area contributed by atoms with E-state index in [1.807, 2.05) is 6.92 Å². The Kier molecular flexibility index (Phi) is 7.12. The van der Waals surface area contributed by atoms with Crippen LogP contribution in [0, 0.1) is 18.8 Å². The largest absolute Gasteiger partial charge is 0.482 e. The van der Waals surface area contributed by atoms with Gasteiger partial charge in [0.05, 0.1) is 0 Å². The van der Waals surface area contributed by atoms with Crippen molar-refractivity contribution in [3.63, 3.8) is 0 Å². The maximum absolute atomic E-state index is 12.0. The molecule has 3 atom stereocenters. The number of esters is 1. The molecule has 0 saturated heterocycles. The molecule has 1 fully saturated rings. The van der Waals surface area contributed by atoms with Gasteiger partial charge in [0.25, 0.3) is 5.91 Å². The summed E-state index contributed by atoms with van der Waals surface area (Å²) in [4.78, 5) is 23.7. The van der Waals surface area contributed by atoms with Crippen LogP contribution in [-0.4, -0.2) is 31.1 Å². The number of halogens is 1. The van der Waals surface area contributed by atoms with Crippen molar-refractivity contribution in [1.29, 1.82) is 0 Å². The zero-order chi connectivity index (χ0) is 18.4. The lowest BCUT2D eigenvalue weighted by Crippen LogP contribution is -2.45. The molecular formula is C19H26ClNO4. The molecule has 0 aliphatic heterocycles. The van der Waals surface area contributed by atoms with Gasteiger partial charge in [-0.05, 0) is 48.9 Å². The van der Waals surface area contributed by atoms with Crippen molar-refractivity contribution < 1.29 is 19.1 Å². The molecule has 0 aromatic heterocycles. The van der Waals surface area contributed by atoms with Gasteiger partial charge in [-0.25, -0.2) is 4.79 Å². The predicted molar refractivity (Wildman–Crippen MR) is 96.8 cm³/mol. The third-order valence-corrected chi connectivity index (χ3v) is 5.33. The van der Waals surface area contributed by atoms with Crippen LogP contribution < -0.4 is 10.1 Å². The van der Waals surface area contributed by atoms with Gasteiger partial charge < -0.3 is 14.8 Å². The molecule has 25 heavy (non-hydrogen) atoms. The van der Waals surface area contributed by atoms with Crippen molar-refractivity contribution in [2.75, 3.05) is 13.2 Å². The third-order valence-electron chi connectivity index (χ3n) is 4.90. The van der Waals surface area contributed by atoms with Crippen molar-refractivity contribution in [2.24, 2.45) is 11.8 Å². The number of rotatable bonds is 6. The van der Waals surface area contributed by atoms with Crippen LogP contribution in [0.3, 0.4) is 0 Å². The highest BCUT2D eigenvalue weighted by Gasteiger charge is 2.28. The van der Waals surface area contributed by atoms with Crippen LogP contribution in [0.1, 0.15) is 38.7 Å². The van der Waals surface area contributed by atoms with E-state index in [-0.39, 0.29) is 25.2 Å². The van der Waals surface area contributed by atoms with E-state index in [4.69, 9.17) is 21.1 Å². The van der Waals surface area contributed by atoms with Crippen molar-refractivity contribution >= 4 is 23.5 Å². The molecule has 138 valence electrons. The number of benzene rings is 1. The zero-order valence-electron chi connectivity index (χ0n) is 15.0. The number of carbonyl (C=O) groups excluding carboxylic acids is 2. The van der Waals surface area contributed by atoms with Crippen LogP contribution >= 0.6 is 11.6 Å². The van der Waals surface area contributed by atoms with Gasteiger partial charge in [-0.2, -0.15) is 0 Å². The predicted octanol–water partition coefficient (Wildman–Crippen LogP) is 3.51. The van der Waals surface area contributed by atoms with Crippen molar-refractivity contribution in [3.05, 3.63) is 28.8 Å². The molecule has 1 aliphatic carbocycles. The quantitative estimate of drug-likeness (QED) is 0.781. The number of hydrogen-bond donors (Lipinski definition) is 1. The summed E-state index contributed by atoms with van der Waals surface area (Å²) in [6, 6.07) is 5.29. The first-order valence-electron chi connectivity index (χ1n) is 8.70. The second kappa shape index (κ2) is 9.09. The van der Waals surface area contributed by atoms with E-state index in [9.17, 15) is 9.59 Å². The molecule has 0 unspecified atom stereocenters. The Hall–Kier alpha value is -1.75. The second-order valence-corrected chi connectivity index (χ2v) is 7.21. The topological polar surface area (TPSA) is 64.6 Å². The molecule has 1 saturated carbocycles. The smallest absolute Gasteiger partial charge is 0.344 e. The maximum atomic E-state index is 12.0. The molecule has 1 N–H and O–H groups in total. The van der Waals surface area contributed by atoms with Gasteiger partial charge in [0.2, 0.25) is 0 Å². The zero-order valence-corrected chi connectivity index (χ0v) is 15.8. The minimum atomic E-state index is -0.576. The summed E-state index contributed by atoms with van der Waals surface area (Å²) in [7, 11) is 0. The number of aryl methyl sites for hydroxylation is 1. The Bertz CT molecular complexity index is 619. The summed E-state index contributed by atoms with van der Waals surface area (Å²) in [6.45, 7) is 5.69. The number of hydrogen-bond acceptors (Lipinski definition) is 4. The molecule has 5 nitrogen and oxygen atoms in total. The summed E-state index contributed by atoms with van der Waals surface area (Å²) in [6.07, 6.45) is 3.29. The van der Waals surface area contributed by atoms with E-state index < -0.39 is 5.97 Å². The van der Waals surface area contributed by atoms with Gasteiger partial charge in [0.15, 0.2) is 13.2 Å². The van der Waals surface area contributed by atoms with E-state index in [0.29, 0.717) is 22.6 Å². The lowest BCUT2D eigenvalue weighted by molar-refractivity contribution is -0.150. The summed E-state index contributed by atoms with van der Waals surface area (Å²) < 4.78 is 10.3. The van der Waals surface area contributed by atoms with E-state index in [2.05, 4.69) is 19.2 Å². The Morgan fingerprint density at radius 2 is 2.00 bits per heavy atom. The normalized spacial score (nSPS) is 23.0. The molecule has 0 radical (unpaired) electrons. The molecule has 1 aliphatic rings. The summed E-state index contributed by atoms with van der Waals surface area (Å²) in [5, 5.41) is 3.61. The maximum Gasteiger partial charge on any atom is 0.344 e. The van der Waals surface area contributed by atoms with Gasteiger partial charge in [-0.3, -0.25) is 4.79 Å². The van der Waals surface area contributed by atoms with Gasteiger partial charge in [0.1, 0.15) is 5.75 Å². The SMILES string of the molecule is Cc1cc(OCC(=O)OCC(=O)N[C@@H]2CCC[C@H](C)[C@@H]2C)ccc1Cl. The highest BCUT2D eigenvalue weighted by atomic mass is 35.5. The van der Waals surface area contributed by atoms with Crippen LogP contribution in [0.5, 0.6) is 5.75 Å². The molecule has 6 heteroatoms. The van der Waals surface area contributed by atoms with Gasteiger partial charge >= 0.3 is 5.97 Å². The Morgan fingerprint density at radius 3 is 2.72 bits per heavy atom. The minimum absolute atomic E-state index is 0.156. The monoisotopic (exact) mass is 367 g/mol. The fourth-order valence-corrected chi connectivity index (χ4v) is 3.19. The fourth-order valence-electron chi connectivity index (χ4n) is 3.07. The van der Waals surface area contributed by atoms with Crippen LogP contribution in [0.15, 0.2) is 18.2 Å². The summed E-state index contributed by atoms with van der Waals surface area (Å²) in [5.41, 5.74) is 0.864. The van der Waals surface area contributed by atoms with E-state index >= 15 is 0 Å². The molecule has 0 bridgehead atoms. The van der Waals surface area contributed by atoms with Crippen molar-refractivity contribution in [1.82, 2.24) is 5.32 Å². The van der Waals surface area contributed by atoms with Crippen LogP contribution in [0.4, 0.5) is 0 Å². The Balaban J connectivity index is 1.70. The molecular weight excluding hydrogens is 342 g/mol.